The van der Waals surface area contributed by atoms with Crippen molar-refractivity contribution in [2.45, 2.75) is 6.36 Å². The molecule has 0 aromatic heterocycles. The maximum absolute atomic E-state index is 12.2. The largest absolute Gasteiger partial charge is 0.573 e. The molecule has 0 aliphatic rings. The molecule has 0 fully saturated rings. The molecule has 0 heterocycles. The summed E-state index contributed by atoms with van der Waals surface area (Å²) in [7, 11) is 0. The summed E-state index contributed by atoms with van der Waals surface area (Å²) in [4.78, 5) is 10.5. The molecule has 149 valence electrons. The van der Waals surface area contributed by atoms with E-state index < -0.39 is 28.5 Å². The van der Waals surface area contributed by atoms with Crippen LogP contribution in [0.4, 0.5) is 18.9 Å². The lowest BCUT2D eigenvalue weighted by molar-refractivity contribution is -0.385. The van der Waals surface area contributed by atoms with Gasteiger partial charge in [-0.15, -0.1) is 13.2 Å². The molecular formula is C19H11F3NO6. The molecule has 3 rings (SSSR count). The summed E-state index contributed by atoms with van der Waals surface area (Å²) in [5.41, 5.74) is -0.394. The fourth-order valence-corrected chi connectivity index (χ4v) is 2.29. The second kappa shape index (κ2) is 7.97. The molecule has 0 spiro atoms. The van der Waals surface area contributed by atoms with Crippen LogP contribution >= 0.6 is 0 Å². The zero-order chi connectivity index (χ0) is 21.0. The summed E-state index contributed by atoms with van der Waals surface area (Å²) in [6.45, 7) is 0. The zero-order valence-electron chi connectivity index (χ0n) is 14.4. The van der Waals surface area contributed by atoms with Crippen molar-refractivity contribution in [1.82, 2.24) is 0 Å². The van der Waals surface area contributed by atoms with Crippen molar-refractivity contribution in [2.24, 2.45) is 0 Å². The first kappa shape index (κ1) is 19.8. The number of nitro benzene ring substituents is 1. The minimum atomic E-state index is -4.81. The topological polar surface area (TPSA) is 90.7 Å². The maximum atomic E-state index is 12.2. The van der Waals surface area contributed by atoms with Crippen LogP contribution in [0, 0.1) is 10.1 Å². The van der Waals surface area contributed by atoms with E-state index in [9.17, 15) is 28.4 Å². The fourth-order valence-electron chi connectivity index (χ4n) is 2.29. The van der Waals surface area contributed by atoms with Crippen molar-refractivity contribution in [3.05, 3.63) is 76.8 Å². The average molecular weight is 406 g/mol. The van der Waals surface area contributed by atoms with Gasteiger partial charge >= 0.3 is 12.0 Å². The van der Waals surface area contributed by atoms with E-state index in [1.54, 1.807) is 0 Å². The monoisotopic (exact) mass is 406 g/mol. The summed E-state index contributed by atoms with van der Waals surface area (Å²) >= 11 is 0. The van der Waals surface area contributed by atoms with Gasteiger partial charge in [-0.3, -0.25) is 15.2 Å². The van der Waals surface area contributed by atoms with Gasteiger partial charge in [0.25, 0.3) is 0 Å². The molecule has 0 saturated heterocycles. The number of nitro groups is 1. The number of benzene rings is 3. The number of rotatable bonds is 6. The normalized spacial score (nSPS) is 11.0. The Kier molecular flexibility index (Phi) is 5.44. The summed E-state index contributed by atoms with van der Waals surface area (Å²) in [6, 6.07) is 13.8. The lowest BCUT2D eigenvalue weighted by Gasteiger charge is -2.11. The maximum Gasteiger partial charge on any atom is 0.573 e. The molecule has 0 atom stereocenters. The van der Waals surface area contributed by atoms with Crippen molar-refractivity contribution < 1.29 is 37.4 Å². The Bertz CT molecular complexity index is 1020. The molecule has 0 saturated carbocycles. The molecule has 7 nitrogen and oxygen atoms in total. The molecule has 0 amide bonds. The van der Waals surface area contributed by atoms with Crippen LogP contribution in [-0.4, -0.2) is 11.3 Å². The van der Waals surface area contributed by atoms with Crippen LogP contribution in [0.5, 0.6) is 34.5 Å². The van der Waals surface area contributed by atoms with Crippen LogP contribution in [0.2, 0.25) is 0 Å². The van der Waals surface area contributed by atoms with Gasteiger partial charge in [0.05, 0.1) is 4.92 Å². The third-order valence-electron chi connectivity index (χ3n) is 3.49. The van der Waals surface area contributed by atoms with E-state index in [-0.39, 0.29) is 23.0 Å². The van der Waals surface area contributed by atoms with Crippen LogP contribution in [-0.2, 0) is 5.11 Å². The summed E-state index contributed by atoms with van der Waals surface area (Å²) in [5, 5.41) is 23.0. The van der Waals surface area contributed by atoms with Crippen molar-refractivity contribution in [2.75, 3.05) is 0 Å². The Labute approximate surface area is 161 Å². The van der Waals surface area contributed by atoms with Gasteiger partial charge in [0.15, 0.2) is 5.75 Å². The van der Waals surface area contributed by atoms with E-state index in [4.69, 9.17) is 9.47 Å². The van der Waals surface area contributed by atoms with Crippen molar-refractivity contribution in [3.63, 3.8) is 0 Å². The number of alkyl halides is 3. The minimum absolute atomic E-state index is 0.110. The zero-order valence-corrected chi connectivity index (χ0v) is 14.4. The Morgan fingerprint density at radius 3 is 2.03 bits per heavy atom. The van der Waals surface area contributed by atoms with Crippen LogP contribution in [0.25, 0.3) is 0 Å². The highest BCUT2D eigenvalue weighted by molar-refractivity contribution is 5.54. The highest BCUT2D eigenvalue weighted by Crippen LogP contribution is 2.39. The molecule has 1 radical (unpaired) electrons. The molecule has 0 unspecified atom stereocenters. The minimum Gasteiger partial charge on any atom is -0.457 e. The molecular weight excluding hydrogens is 395 g/mol. The van der Waals surface area contributed by atoms with E-state index >= 15 is 0 Å². The second-order valence-corrected chi connectivity index (χ2v) is 5.56. The first-order chi connectivity index (χ1) is 13.7. The Morgan fingerprint density at radius 2 is 1.41 bits per heavy atom. The van der Waals surface area contributed by atoms with Crippen molar-refractivity contribution in [1.29, 1.82) is 0 Å². The lowest BCUT2D eigenvalue weighted by atomic mass is 10.2. The van der Waals surface area contributed by atoms with Gasteiger partial charge in [0.2, 0.25) is 11.5 Å². The third kappa shape index (κ3) is 5.28. The molecule has 10 heteroatoms. The van der Waals surface area contributed by atoms with Gasteiger partial charge in [0, 0.05) is 12.1 Å². The quantitative estimate of drug-likeness (QED) is 0.358. The smallest absolute Gasteiger partial charge is 0.457 e. The number of para-hydroxylation sites is 2. The van der Waals surface area contributed by atoms with E-state index in [1.807, 2.05) is 0 Å². The van der Waals surface area contributed by atoms with Crippen molar-refractivity contribution >= 4 is 5.69 Å². The summed E-state index contributed by atoms with van der Waals surface area (Å²) in [5.74, 6) is -0.964. The predicted molar refractivity (Wildman–Crippen MR) is 92.9 cm³/mol. The first-order valence-electron chi connectivity index (χ1n) is 7.97. The SMILES string of the molecule is [O]c1ccccc1Oc1cc(Oc2ccc(OC(F)(F)F)cc2)ccc1[N+](=O)[O-]. The first-order valence-corrected chi connectivity index (χ1v) is 7.97. The van der Waals surface area contributed by atoms with Gasteiger partial charge < -0.3 is 14.2 Å². The van der Waals surface area contributed by atoms with E-state index in [2.05, 4.69) is 4.74 Å². The average Bonchev–Trinajstić information content (AvgIpc) is 2.64. The Balaban J connectivity index is 1.83. The predicted octanol–water partition coefficient (Wildman–Crippen LogP) is 6.22. The summed E-state index contributed by atoms with van der Waals surface area (Å²) in [6.07, 6.45) is -4.81. The molecule has 0 aliphatic heterocycles. The van der Waals surface area contributed by atoms with E-state index in [0.29, 0.717) is 0 Å². The number of nitrogens with zero attached hydrogens (tertiary/aromatic N) is 1. The number of halogens is 3. The van der Waals surface area contributed by atoms with Gasteiger partial charge in [-0.05, 0) is 42.5 Å². The van der Waals surface area contributed by atoms with Crippen LogP contribution in [0.3, 0.4) is 0 Å². The third-order valence-corrected chi connectivity index (χ3v) is 3.49. The molecule has 0 bridgehead atoms. The summed E-state index contributed by atoms with van der Waals surface area (Å²) < 4.78 is 51.2. The number of ether oxygens (including phenoxy) is 3. The van der Waals surface area contributed by atoms with Gasteiger partial charge in [-0.25, -0.2) is 0 Å². The van der Waals surface area contributed by atoms with Crippen LogP contribution < -0.4 is 14.2 Å². The van der Waals surface area contributed by atoms with Crippen LogP contribution in [0.1, 0.15) is 0 Å². The molecule has 3 aromatic rings. The number of hydrogen-bond acceptors (Lipinski definition) is 5. The Morgan fingerprint density at radius 1 is 0.793 bits per heavy atom. The molecule has 3 aromatic carbocycles. The molecule has 0 aliphatic carbocycles. The Hall–Kier alpha value is -3.95. The molecule has 29 heavy (non-hydrogen) atoms. The fraction of sp³-hybridized carbons (Fsp3) is 0.0526. The van der Waals surface area contributed by atoms with Crippen LogP contribution in [0.15, 0.2) is 66.7 Å². The highest BCUT2D eigenvalue weighted by atomic mass is 19.4. The van der Waals surface area contributed by atoms with E-state index in [1.165, 1.54) is 48.5 Å². The number of hydrogen-bond donors (Lipinski definition) is 0. The van der Waals surface area contributed by atoms with Gasteiger partial charge in [0.1, 0.15) is 17.2 Å². The lowest BCUT2D eigenvalue weighted by Crippen LogP contribution is -2.16. The second-order valence-electron chi connectivity index (χ2n) is 5.56. The van der Waals surface area contributed by atoms with Gasteiger partial charge in [-0.2, -0.15) is 0 Å². The van der Waals surface area contributed by atoms with E-state index in [0.717, 1.165) is 18.2 Å². The molecule has 0 N–H and O–H groups in total. The highest BCUT2D eigenvalue weighted by Gasteiger charge is 2.31. The van der Waals surface area contributed by atoms with Crippen molar-refractivity contribution in [3.8, 4) is 34.5 Å². The standard InChI is InChI=1S/C19H11F3NO6/c20-19(21,22)29-13-7-5-12(6-8-13)27-14-9-10-15(23(25)26)18(11-14)28-17-4-2-1-3-16(17)24/h1-11H. The van der Waals surface area contributed by atoms with Gasteiger partial charge in [-0.1, -0.05) is 12.1 Å².